The van der Waals surface area contributed by atoms with E-state index >= 15 is 0 Å². The van der Waals surface area contributed by atoms with Crippen molar-refractivity contribution in [1.82, 2.24) is 10.6 Å². The minimum Gasteiger partial charge on any atom is -0.355 e. The Hall–Kier alpha value is -1.35. The van der Waals surface area contributed by atoms with Crippen LogP contribution in [0.5, 0.6) is 0 Å². The predicted octanol–water partition coefficient (Wildman–Crippen LogP) is 2.57. The average molecular weight is 272 g/mol. The summed E-state index contributed by atoms with van der Waals surface area (Å²) >= 11 is 0. The molecule has 0 radical (unpaired) electrons. The van der Waals surface area contributed by atoms with Gasteiger partial charge in [-0.1, -0.05) is 37.6 Å². The molecule has 0 spiro atoms. The third-order valence-electron chi connectivity index (χ3n) is 5.21. The van der Waals surface area contributed by atoms with Gasteiger partial charge in [-0.2, -0.15) is 0 Å². The third-order valence-corrected chi connectivity index (χ3v) is 5.21. The molecule has 1 aromatic rings. The maximum atomic E-state index is 12.5. The number of nitrogens with one attached hydrogen (secondary N) is 2. The van der Waals surface area contributed by atoms with Crippen molar-refractivity contribution in [1.29, 1.82) is 0 Å². The molecule has 3 rings (SSSR count). The van der Waals surface area contributed by atoms with Gasteiger partial charge in [0.1, 0.15) is 0 Å². The van der Waals surface area contributed by atoms with Crippen molar-refractivity contribution in [3.8, 4) is 0 Å². The summed E-state index contributed by atoms with van der Waals surface area (Å²) in [7, 11) is 0. The average Bonchev–Trinajstić information content (AvgIpc) is 2.46. The van der Waals surface area contributed by atoms with E-state index in [0.717, 1.165) is 19.6 Å². The van der Waals surface area contributed by atoms with Crippen LogP contribution in [-0.2, 0) is 11.3 Å². The lowest BCUT2D eigenvalue weighted by Gasteiger charge is -2.41. The van der Waals surface area contributed by atoms with Crippen LogP contribution in [0.3, 0.4) is 0 Å². The summed E-state index contributed by atoms with van der Waals surface area (Å²) in [5.41, 5.74) is 2.84. The van der Waals surface area contributed by atoms with Crippen LogP contribution in [0.1, 0.15) is 49.7 Å². The van der Waals surface area contributed by atoms with Gasteiger partial charge in [0.05, 0.1) is 5.92 Å². The Bertz CT molecular complexity index is 488. The molecule has 20 heavy (non-hydrogen) atoms. The Kier molecular flexibility index (Phi) is 3.79. The first-order valence-electron chi connectivity index (χ1n) is 7.80. The summed E-state index contributed by atoms with van der Waals surface area (Å²) in [6.45, 7) is 4.71. The first-order chi connectivity index (χ1) is 9.74. The van der Waals surface area contributed by atoms with Gasteiger partial charge >= 0.3 is 0 Å². The molecule has 0 bridgehead atoms. The van der Waals surface area contributed by atoms with Crippen molar-refractivity contribution < 1.29 is 4.79 Å². The molecule has 0 saturated heterocycles. The number of carbonyl (C=O) groups is 1. The zero-order valence-corrected chi connectivity index (χ0v) is 12.2. The molecule has 1 amide bonds. The standard InChI is InChI=1S/C17H24N2O/c1-2-17(8-5-9-17)12-19-16(20)15-11-18-10-13-6-3-4-7-14(13)15/h3-4,6-7,15,18H,2,5,8-12H2,1H3,(H,19,20). The number of rotatable bonds is 4. The van der Waals surface area contributed by atoms with Gasteiger partial charge in [-0.05, 0) is 35.8 Å². The molecule has 1 aliphatic carbocycles. The summed E-state index contributed by atoms with van der Waals surface area (Å²) in [5.74, 6) is 0.151. The molecule has 1 saturated carbocycles. The summed E-state index contributed by atoms with van der Waals surface area (Å²) in [6, 6.07) is 8.28. The number of amides is 1. The lowest BCUT2D eigenvalue weighted by molar-refractivity contribution is -0.123. The van der Waals surface area contributed by atoms with Gasteiger partial charge in [0, 0.05) is 19.6 Å². The first kappa shape index (κ1) is 13.6. The summed E-state index contributed by atoms with van der Waals surface area (Å²) in [6.07, 6.45) is 5.02. The smallest absolute Gasteiger partial charge is 0.228 e. The molecule has 2 N–H and O–H groups in total. The predicted molar refractivity (Wildman–Crippen MR) is 80.5 cm³/mol. The Morgan fingerprint density at radius 1 is 1.40 bits per heavy atom. The highest BCUT2D eigenvalue weighted by Gasteiger charge is 2.36. The van der Waals surface area contributed by atoms with Gasteiger partial charge < -0.3 is 10.6 Å². The molecule has 3 nitrogen and oxygen atoms in total. The third kappa shape index (κ3) is 2.47. The minimum atomic E-state index is -0.0334. The van der Waals surface area contributed by atoms with E-state index in [9.17, 15) is 4.79 Å². The van der Waals surface area contributed by atoms with Crippen molar-refractivity contribution >= 4 is 5.91 Å². The van der Waals surface area contributed by atoms with Crippen molar-refractivity contribution in [3.63, 3.8) is 0 Å². The number of fused-ring (bicyclic) bond motifs is 1. The van der Waals surface area contributed by atoms with E-state index in [0.29, 0.717) is 5.41 Å². The topological polar surface area (TPSA) is 41.1 Å². The van der Waals surface area contributed by atoms with Crippen molar-refractivity contribution in [2.45, 2.75) is 45.1 Å². The van der Waals surface area contributed by atoms with E-state index in [1.54, 1.807) is 0 Å². The maximum absolute atomic E-state index is 12.5. The first-order valence-corrected chi connectivity index (χ1v) is 7.80. The maximum Gasteiger partial charge on any atom is 0.228 e. The number of benzene rings is 1. The molecule has 1 fully saturated rings. The molecular formula is C17H24N2O. The van der Waals surface area contributed by atoms with Crippen molar-refractivity contribution in [2.24, 2.45) is 5.41 Å². The normalized spacial score (nSPS) is 23.6. The monoisotopic (exact) mass is 272 g/mol. The van der Waals surface area contributed by atoms with Gasteiger partial charge in [0.25, 0.3) is 0 Å². The Balaban J connectivity index is 1.66. The van der Waals surface area contributed by atoms with Crippen LogP contribution < -0.4 is 10.6 Å². The van der Waals surface area contributed by atoms with Gasteiger partial charge in [0.2, 0.25) is 5.91 Å². The van der Waals surface area contributed by atoms with E-state index in [-0.39, 0.29) is 11.8 Å². The molecule has 1 heterocycles. The fourth-order valence-corrected chi connectivity index (χ4v) is 3.46. The number of carbonyl (C=O) groups excluding carboxylic acids is 1. The zero-order valence-electron chi connectivity index (χ0n) is 12.2. The highest BCUT2D eigenvalue weighted by Crippen LogP contribution is 2.43. The molecule has 2 aliphatic rings. The number of hydrogen-bond donors (Lipinski definition) is 2. The largest absolute Gasteiger partial charge is 0.355 e. The van der Waals surface area contributed by atoms with E-state index in [4.69, 9.17) is 0 Å². The molecular weight excluding hydrogens is 248 g/mol. The molecule has 0 aromatic heterocycles. The summed E-state index contributed by atoms with van der Waals surface area (Å²) in [4.78, 5) is 12.5. The van der Waals surface area contributed by atoms with Crippen LogP contribution in [0.25, 0.3) is 0 Å². The van der Waals surface area contributed by atoms with Gasteiger partial charge in [-0.25, -0.2) is 0 Å². The van der Waals surface area contributed by atoms with Crippen LogP contribution >= 0.6 is 0 Å². The van der Waals surface area contributed by atoms with Crippen LogP contribution in [0.2, 0.25) is 0 Å². The highest BCUT2D eigenvalue weighted by atomic mass is 16.1. The van der Waals surface area contributed by atoms with E-state index in [1.165, 1.54) is 36.8 Å². The van der Waals surface area contributed by atoms with Gasteiger partial charge in [-0.3, -0.25) is 4.79 Å². The van der Waals surface area contributed by atoms with E-state index in [1.807, 2.05) is 12.1 Å². The Morgan fingerprint density at radius 2 is 2.20 bits per heavy atom. The molecule has 1 aliphatic heterocycles. The number of hydrogen-bond acceptors (Lipinski definition) is 2. The molecule has 1 aromatic carbocycles. The van der Waals surface area contributed by atoms with E-state index < -0.39 is 0 Å². The molecule has 108 valence electrons. The fourth-order valence-electron chi connectivity index (χ4n) is 3.46. The lowest BCUT2D eigenvalue weighted by Crippen LogP contribution is -2.45. The SMILES string of the molecule is CCC1(CNC(=O)C2CNCc3ccccc32)CCC1. The lowest BCUT2D eigenvalue weighted by atomic mass is 9.67. The molecule has 3 heteroatoms. The second-order valence-corrected chi connectivity index (χ2v) is 6.31. The Morgan fingerprint density at radius 3 is 2.90 bits per heavy atom. The second kappa shape index (κ2) is 5.57. The van der Waals surface area contributed by atoms with Crippen molar-refractivity contribution in [3.05, 3.63) is 35.4 Å². The van der Waals surface area contributed by atoms with Crippen LogP contribution in [-0.4, -0.2) is 19.0 Å². The summed E-state index contributed by atoms with van der Waals surface area (Å²) < 4.78 is 0. The zero-order chi connectivity index (χ0) is 14.0. The van der Waals surface area contributed by atoms with E-state index in [2.05, 4.69) is 29.7 Å². The van der Waals surface area contributed by atoms with Crippen LogP contribution in [0.15, 0.2) is 24.3 Å². The van der Waals surface area contributed by atoms with Crippen LogP contribution in [0, 0.1) is 5.41 Å². The fraction of sp³-hybridized carbons (Fsp3) is 0.588. The van der Waals surface area contributed by atoms with Gasteiger partial charge in [0.15, 0.2) is 0 Å². The summed E-state index contributed by atoms with van der Waals surface area (Å²) in [5, 5.41) is 6.56. The van der Waals surface area contributed by atoms with Crippen molar-refractivity contribution in [2.75, 3.05) is 13.1 Å². The van der Waals surface area contributed by atoms with Gasteiger partial charge in [-0.15, -0.1) is 0 Å². The second-order valence-electron chi connectivity index (χ2n) is 6.31. The molecule has 1 unspecified atom stereocenters. The Labute approximate surface area is 121 Å². The quantitative estimate of drug-likeness (QED) is 0.884. The highest BCUT2D eigenvalue weighted by molar-refractivity contribution is 5.84. The molecule has 1 atom stereocenters. The minimum absolute atomic E-state index is 0.0334. The van der Waals surface area contributed by atoms with Crippen LogP contribution in [0.4, 0.5) is 0 Å².